The molecule has 2 aromatic carbocycles. The van der Waals surface area contributed by atoms with Gasteiger partial charge in [0.15, 0.2) is 23.2 Å². The highest BCUT2D eigenvalue weighted by atomic mass is 19.1. The fourth-order valence-electron chi connectivity index (χ4n) is 2.64. The Labute approximate surface area is 158 Å². The normalized spacial score (nSPS) is 12.0. The van der Waals surface area contributed by atoms with E-state index < -0.39 is 17.4 Å². The summed E-state index contributed by atoms with van der Waals surface area (Å²) >= 11 is 0. The molecule has 0 aliphatic carbocycles. The van der Waals surface area contributed by atoms with Crippen molar-refractivity contribution in [2.45, 2.75) is 6.92 Å². The number of nitrogens with one attached hydrogen (secondary N) is 3. The molecule has 0 fully saturated rings. The van der Waals surface area contributed by atoms with Crippen LogP contribution in [-0.4, -0.2) is 15.1 Å². The van der Waals surface area contributed by atoms with Gasteiger partial charge in [0.1, 0.15) is 12.0 Å². The van der Waals surface area contributed by atoms with Gasteiger partial charge in [-0.2, -0.15) is 4.98 Å². The molecule has 0 amide bonds. The molecule has 4 N–H and O–H groups in total. The largest absolute Gasteiger partial charge is 0.505 e. The molecule has 1 aliphatic heterocycles. The molecule has 3 aromatic rings. The molecule has 1 aromatic heterocycles. The summed E-state index contributed by atoms with van der Waals surface area (Å²) in [6, 6.07) is 7.82. The number of halogens is 2. The maximum atomic E-state index is 14.2. The molecule has 0 atom stereocenters. The lowest BCUT2D eigenvalue weighted by Gasteiger charge is -2.15. The first-order valence-electron chi connectivity index (χ1n) is 8.27. The van der Waals surface area contributed by atoms with Crippen molar-refractivity contribution in [2.75, 3.05) is 16.0 Å². The van der Waals surface area contributed by atoms with Gasteiger partial charge in [0.05, 0.1) is 11.9 Å². The summed E-state index contributed by atoms with van der Waals surface area (Å²) < 4.78 is 33.2. The molecule has 0 unspecified atom stereocenters. The van der Waals surface area contributed by atoms with Crippen LogP contribution in [0.25, 0.3) is 0 Å². The van der Waals surface area contributed by atoms with Gasteiger partial charge in [0.2, 0.25) is 5.95 Å². The molecule has 0 bridgehead atoms. The highest BCUT2D eigenvalue weighted by Gasteiger charge is 2.12. The van der Waals surface area contributed by atoms with E-state index in [0.717, 1.165) is 18.0 Å². The number of hydrogen-bond donors (Lipinski definition) is 4. The zero-order valence-corrected chi connectivity index (χ0v) is 14.6. The van der Waals surface area contributed by atoms with Crippen molar-refractivity contribution in [1.29, 1.82) is 0 Å². The minimum atomic E-state index is -0.777. The van der Waals surface area contributed by atoms with Crippen molar-refractivity contribution in [1.82, 2.24) is 9.97 Å². The van der Waals surface area contributed by atoms with Gasteiger partial charge in [0.25, 0.3) is 0 Å². The van der Waals surface area contributed by atoms with Crippen LogP contribution < -0.4 is 20.7 Å². The molecule has 142 valence electrons. The average Bonchev–Trinajstić information content (AvgIpc) is 2.68. The van der Waals surface area contributed by atoms with Gasteiger partial charge in [0, 0.05) is 23.6 Å². The van der Waals surface area contributed by atoms with Crippen LogP contribution in [0.5, 0.6) is 11.5 Å². The number of aromatic hydroxyl groups is 1. The van der Waals surface area contributed by atoms with E-state index >= 15 is 0 Å². The Balaban J connectivity index is 1.58. The maximum Gasteiger partial charge on any atom is 0.229 e. The Kier molecular flexibility index (Phi) is 4.40. The lowest BCUT2D eigenvalue weighted by atomic mass is 10.2. The molecule has 2 heterocycles. The average molecular weight is 383 g/mol. The maximum absolute atomic E-state index is 14.2. The number of nitrogens with zero attached hydrogens (tertiary/aromatic N) is 2. The third-order valence-electron chi connectivity index (χ3n) is 4.00. The summed E-state index contributed by atoms with van der Waals surface area (Å²) in [5, 5.41) is 18.2. The third-order valence-corrected chi connectivity index (χ3v) is 4.00. The predicted molar refractivity (Wildman–Crippen MR) is 101 cm³/mol. The molecule has 7 nitrogen and oxygen atoms in total. The van der Waals surface area contributed by atoms with Gasteiger partial charge in [-0.25, -0.2) is 13.8 Å². The fourth-order valence-corrected chi connectivity index (χ4v) is 2.64. The summed E-state index contributed by atoms with van der Waals surface area (Å²) in [4.78, 5) is 7.96. The standard InChI is InChI=1S/C19H15F2N5O2/c1-10-6-12(7-13(20)17(10)27)25-19-23-9-14(21)18(26-19)24-11-2-3-16-15(8-11)22-4-5-28-16/h2-9,22,27H,1H3,(H2,23,24,25,26). The lowest BCUT2D eigenvalue weighted by Crippen LogP contribution is -2.05. The number of ether oxygens (including phenoxy) is 1. The smallest absolute Gasteiger partial charge is 0.229 e. The minimum absolute atomic E-state index is 0.0549. The summed E-state index contributed by atoms with van der Waals surface area (Å²) in [5.74, 6) is -1.20. The number of rotatable bonds is 4. The summed E-state index contributed by atoms with van der Waals surface area (Å²) in [6.45, 7) is 1.56. The van der Waals surface area contributed by atoms with Crippen LogP contribution in [-0.2, 0) is 0 Å². The van der Waals surface area contributed by atoms with E-state index in [2.05, 4.69) is 25.9 Å². The van der Waals surface area contributed by atoms with Gasteiger partial charge >= 0.3 is 0 Å². The summed E-state index contributed by atoms with van der Waals surface area (Å²) in [7, 11) is 0. The van der Waals surface area contributed by atoms with Crippen molar-refractivity contribution < 1.29 is 18.6 Å². The van der Waals surface area contributed by atoms with Crippen LogP contribution in [0.15, 0.2) is 49.0 Å². The molecular formula is C19H15F2N5O2. The number of aryl methyl sites for hydroxylation is 1. The molecular weight excluding hydrogens is 368 g/mol. The number of hydrogen-bond acceptors (Lipinski definition) is 7. The van der Waals surface area contributed by atoms with Gasteiger partial charge in [-0.05, 0) is 36.8 Å². The van der Waals surface area contributed by atoms with Crippen LogP contribution in [0.4, 0.5) is 37.6 Å². The van der Waals surface area contributed by atoms with Crippen molar-refractivity contribution in [2.24, 2.45) is 0 Å². The van der Waals surface area contributed by atoms with E-state index in [0.29, 0.717) is 22.7 Å². The van der Waals surface area contributed by atoms with Crippen LogP contribution in [0.3, 0.4) is 0 Å². The van der Waals surface area contributed by atoms with Gasteiger partial charge < -0.3 is 25.8 Å². The monoisotopic (exact) mass is 383 g/mol. The summed E-state index contributed by atoms with van der Waals surface area (Å²) in [6.07, 6.45) is 4.16. The van der Waals surface area contributed by atoms with E-state index in [1.165, 1.54) is 12.3 Å². The zero-order valence-electron chi connectivity index (χ0n) is 14.6. The van der Waals surface area contributed by atoms with E-state index in [9.17, 15) is 13.9 Å². The Morgan fingerprint density at radius 1 is 1.07 bits per heavy atom. The second-order valence-corrected chi connectivity index (χ2v) is 6.04. The molecule has 4 rings (SSSR count). The van der Waals surface area contributed by atoms with Crippen LogP contribution in [0.2, 0.25) is 0 Å². The topological polar surface area (TPSA) is 91.3 Å². The van der Waals surface area contributed by atoms with Crippen molar-refractivity contribution in [3.63, 3.8) is 0 Å². The molecule has 9 heteroatoms. The second-order valence-electron chi connectivity index (χ2n) is 6.04. The van der Waals surface area contributed by atoms with Crippen molar-refractivity contribution in [3.8, 4) is 11.5 Å². The second kappa shape index (κ2) is 7.03. The number of benzene rings is 2. The van der Waals surface area contributed by atoms with Gasteiger partial charge in [-0.15, -0.1) is 0 Å². The van der Waals surface area contributed by atoms with Crippen molar-refractivity contribution >= 4 is 28.8 Å². The van der Waals surface area contributed by atoms with Crippen molar-refractivity contribution in [3.05, 3.63) is 66.2 Å². The number of fused-ring (bicyclic) bond motifs is 1. The minimum Gasteiger partial charge on any atom is -0.505 e. The molecule has 1 aliphatic rings. The van der Waals surface area contributed by atoms with Crippen LogP contribution in [0.1, 0.15) is 5.56 Å². The van der Waals surface area contributed by atoms with E-state index in [-0.39, 0.29) is 11.8 Å². The predicted octanol–water partition coefficient (Wildman–Crippen LogP) is 4.53. The lowest BCUT2D eigenvalue weighted by molar-refractivity contribution is 0.429. The molecule has 0 spiro atoms. The highest BCUT2D eigenvalue weighted by Crippen LogP contribution is 2.32. The fraction of sp³-hybridized carbons (Fsp3) is 0.0526. The first-order chi connectivity index (χ1) is 13.5. The van der Waals surface area contributed by atoms with E-state index in [4.69, 9.17) is 4.74 Å². The number of phenolic OH excluding ortho intramolecular Hbond substituents is 1. The van der Waals surface area contributed by atoms with E-state index in [1.54, 1.807) is 31.3 Å². The first kappa shape index (κ1) is 17.5. The Hall–Kier alpha value is -3.88. The summed E-state index contributed by atoms with van der Waals surface area (Å²) in [5.41, 5.74) is 1.98. The Bertz CT molecular complexity index is 1060. The molecule has 0 saturated carbocycles. The van der Waals surface area contributed by atoms with E-state index in [1.807, 2.05) is 0 Å². The number of anilines is 5. The Morgan fingerprint density at radius 3 is 2.75 bits per heavy atom. The quantitative estimate of drug-likeness (QED) is 0.492. The third kappa shape index (κ3) is 3.50. The first-order valence-corrected chi connectivity index (χ1v) is 8.27. The number of aromatic nitrogens is 2. The van der Waals surface area contributed by atoms with Gasteiger partial charge in [-0.1, -0.05) is 0 Å². The van der Waals surface area contributed by atoms with Gasteiger partial charge in [-0.3, -0.25) is 0 Å². The SMILES string of the molecule is Cc1cc(Nc2ncc(F)c(Nc3ccc4c(c3)NC=CO4)n2)cc(F)c1O. The highest BCUT2D eigenvalue weighted by molar-refractivity contribution is 5.70. The van der Waals surface area contributed by atoms with Crippen LogP contribution >= 0.6 is 0 Å². The van der Waals surface area contributed by atoms with Crippen LogP contribution in [0, 0.1) is 18.6 Å². The number of phenols is 1. The Morgan fingerprint density at radius 2 is 1.93 bits per heavy atom. The molecule has 0 radical (unpaired) electrons. The zero-order chi connectivity index (χ0) is 19.7. The molecule has 28 heavy (non-hydrogen) atoms. The molecule has 0 saturated heterocycles.